The van der Waals surface area contributed by atoms with Crippen LogP contribution in [0.1, 0.15) is 26.7 Å². The number of methoxy groups -OCH3 is 1. The van der Waals surface area contributed by atoms with Gasteiger partial charge in [0.05, 0.1) is 24.5 Å². The molecule has 2 fully saturated rings. The third-order valence-electron chi connectivity index (χ3n) is 4.86. The maximum atomic E-state index is 13.0. The number of amides is 1. The molecule has 0 aliphatic carbocycles. The number of ether oxygens (including phenoxy) is 2. The van der Waals surface area contributed by atoms with E-state index in [9.17, 15) is 4.79 Å². The van der Waals surface area contributed by atoms with Gasteiger partial charge in [-0.1, -0.05) is 0 Å². The number of morpholine rings is 1. The first-order valence-corrected chi connectivity index (χ1v) is 8.95. The number of nitrogens with zero attached hydrogens (tertiary/aromatic N) is 4. The summed E-state index contributed by atoms with van der Waals surface area (Å²) in [6.45, 7) is 7.50. The first kappa shape index (κ1) is 18.1. The summed E-state index contributed by atoms with van der Waals surface area (Å²) in [6, 6.07) is 0. The molecule has 3 rings (SSSR count). The average molecular weight is 348 g/mol. The second-order valence-electron chi connectivity index (χ2n) is 7.50. The molecule has 2 aliphatic heterocycles. The van der Waals surface area contributed by atoms with Gasteiger partial charge in [0.2, 0.25) is 5.91 Å². The Morgan fingerprint density at radius 2 is 2.12 bits per heavy atom. The highest BCUT2D eigenvalue weighted by Gasteiger charge is 2.38. The van der Waals surface area contributed by atoms with Crippen LogP contribution < -0.4 is 4.90 Å². The number of hydrogen-bond acceptors (Lipinski definition) is 6. The quantitative estimate of drug-likeness (QED) is 0.818. The Bertz CT molecular complexity index is 573. The van der Waals surface area contributed by atoms with Crippen LogP contribution in [0.3, 0.4) is 0 Å². The molecular weight excluding hydrogens is 320 g/mol. The molecule has 0 bridgehead atoms. The van der Waals surface area contributed by atoms with Crippen LogP contribution in [0.2, 0.25) is 0 Å². The minimum atomic E-state index is -0.336. The molecule has 0 spiro atoms. The smallest absolute Gasteiger partial charge is 0.226 e. The number of anilines is 1. The third kappa shape index (κ3) is 4.46. The van der Waals surface area contributed by atoms with Crippen LogP contribution in [-0.4, -0.2) is 72.4 Å². The molecule has 25 heavy (non-hydrogen) atoms. The van der Waals surface area contributed by atoms with Crippen molar-refractivity contribution in [3.05, 3.63) is 18.6 Å². The number of carbonyl (C=O) groups excluding carboxylic acids is 1. The molecule has 1 aromatic rings. The van der Waals surface area contributed by atoms with E-state index in [-0.39, 0.29) is 23.5 Å². The molecule has 1 amide bonds. The van der Waals surface area contributed by atoms with E-state index in [1.807, 2.05) is 18.7 Å². The topological polar surface area (TPSA) is 67.8 Å². The predicted molar refractivity (Wildman–Crippen MR) is 94.4 cm³/mol. The van der Waals surface area contributed by atoms with Crippen molar-refractivity contribution in [3.8, 4) is 0 Å². The fourth-order valence-electron chi connectivity index (χ4n) is 3.80. The van der Waals surface area contributed by atoms with Crippen LogP contribution in [0.5, 0.6) is 0 Å². The van der Waals surface area contributed by atoms with E-state index in [0.29, 0.717) is 19.7 Å². The van der Waals surface area contributed by atoms with Crippen LogP contribution in [0.25, 0.3) is 0 Å². The van der Waals surface area contributed by atoms with Gasteiger partial charge in [0.25, 0.3) is 0 Å². The Balaban J connectivity index is 1.58. The Morgan fingerprint density at radius 3 is 2.76 bits per heavy atom. The van der Waals surface area contributed by atoms with E-state index in [2.05, 4.69) is 14.9 Å². The Kier molecular flexibility index (Phi) is 5.54. The van der Waals surface area contributed by atoms with E-state index >= 15 is 0 Å². The van der Waals surface area contributed by atoms with Crippen molar-refractivity contribution in [1.29, 1.82) is 0 Å². The number of aromatic nitrogens is 2. The number of piperidine rings is 1. The van der Waals surface area contributed by atoms with Crippen molar-refractivity contribution in [2.45, 2.75) is 38.4 Å². The second kappa shape index (κ2) is 7.66. The predicted octanol–water partition coefficient (Wildman–Crippen LogP) is 1.35. The molecule has 1 atom stereocenters. The molecule has 138 valence electrons. The molecule has 7 nitrogen and oxygen atoms in total. The van der Waals surface area contributed by atoms with Crippen molar-refractivity contribution >= 4 is 11.7 Å². The summed E-state index contributed by atoms with van der Waals surface area (Å²) in [5, 5.41) is 0. The third-order valence-corrected chi connectivity index (χ3v) is 4.86. The summed E-state index contributed by atoms with van der Waals surface area (Å²) >= 11 is 0. The van der Waals surface area contributed by atoms with Gasteiger partial charge < -0.3 is 19.3 Å². The van der Waals surface area contributed by atoms with Crippen molar-refractivity contribution in [3.63, 3.8) is 0 Å². The minimum Gasteiger partial charge on any atom is -0.382 e. The minimum absolute atomic E-state index is 0.0580. The summed E-state index contributed by atoms with van der Waals surface area (Å²) < 4.78 is 11.2. The van der Waals surface area contributed by atoms with E-state index in [1.165, 1.54) is 0 Å². The van der Waals surface area contributed by atoms with Gasteiger partial charge in [-0.3, -0.25) is 9.78 Å². The average Bonchev–Trinajstić information content (AvgIpc) is 2.61. The Hall–Kier alpha value is -1.73. The van der Waals surface area contributed by atoms with Crippen molar-refractivity contribution in [2.24, 2.45) is 5.92 Å². The van der Waals surface area contributed by atoms with Gasteiger partial charge in [-0.05, 0) is 26.7 Å². The van der Waals surface area contributed by atoms with Gasteiger partial charge in [0, 0.05) is 51.6 Å². The standard InChI is InChI=1S/C18H28N4O3/c1-18(2)13-22(11-15(25-18)12-24-3)17(23)14-4-8-21(9-5-14)16-10-19-6-7-20-16/h6-7,10,14-15H,4-5,8-9,11-13H2,1-3H3/t15-/m0/s1. The first-order valence-electron chi connectivity index (χ1n) is 8.95. The normalized spacial score (nSPS) is 24.4. The van der Waals surface area contributed by atoms with Crippen molar-refractivity contribution in [2.75, 3.05) is 44.8 Å². The maximum absolute atomic E-state index is 13.0. The van der Waals surface area contributed by atoms with E-state index in [4.69, 9.17) is 9.47 Å². The van der Waals surface area contributed by atoms with E-state index in [1.54, 1.807) is 25.7 Å². The van der Waals surface area contributed by atoms with Crippen molar-refractivity contribution < 1.29 is 14.3 Å². The lowest BCUT2D eigenvalue weighted by Gasteiger charge is -2.44. The SMILES string of the molecule is COC[C@@H]1CN(C(=O)C2CCN(c3cnccn3)CC2)CC(C)(C)O1. The van der Waals surface area contributed by atoms with Crippen LogP contribution in [-0.2, 0) is 14.3 Å². The highest BCUT2D eigenvalue weighted by Crippen LogP contribution is 2.27. The molecule has 2 aliphatic rings. The van der Waals surface area contributed by atoms with Crippen LogP contribution in [0.4, 0.5) is 5.82 Å². The van der Waals surface area contributed by atoms with Crippen LogP contribution >= 0.6 is 0 Å². The molecule has 0 N–H and O–H groups in total. The lowest BCUT2D eigenvalue weighted by atomic mass is 9.93. The highest BCUT2D eigenvalue weighted by molar-refractivity contribution is 5.79. The molecule has 2 saturated heterocycles. The molecular formula is C18H28N4O3. The van der Waals surface area contributed by atoms with Gasteiger partial charge in [0.15, 0.2) is 0 Å². The first-order chi connectivity index (χ1) is 12.0. The maximum Gasteiger partial charge on any atom is 0.226 e. The molecule has 0 unspecified atom stereocenters. The zero-order valence-electron chi connectivity index (χ0n) is 15.4. The molecule has 3 heterocycles. The number of rotatable bonds is 4. The van der Waals surface area contributed by atoms with Gasteiger partial charge in [-0.15, -0.1) is 0 Å². The molecule has 0 radical (unpaired) electrons. The fourth-order valence-corrected chi connectivity index (χ4v) is 3.80. The van der Waals surface area contributed by atoms with E-state index in [0.717, 1.165) is 31.7 Å². The fraction of sp³-hybridized carbons (Fsp3) is 0.722. The monoisotopic (exact) mass is 348 g/mol. The van der Waals surface area contributed by atoms with Gasteiger partial charge in [0.1, 0.15) is 5.82 Å². The summed E-state index contributed by atoms with van der Waals surface area (Å²) in [5.41, 5.74) is -0.336. The molecule has 1 aromatic heterocycles. The summed E-state index contributed by atoms with van der Waals surface area (Å²) in [4.78, 5) is 25.7. The van der Waals surface area contributed by atoms with E-state index < -0.39 is 0 Å². The van der Waals surface area contributed by atoms with Crippen LogP contribution in [0.15, 0.2) is 18.6 Å². The summed E-state index contributed by atoms with van der Waals surface area (Å²) in [6.07, 6.45) is 6.80. The van der Waals surface area contributed by atoms with Crippen molar-refractivity contribution in [1.82, 2.24) is 14.9 Å². The number of hydrogen-bond donors (Lipinski definition) is 0. The Labute approximate surface area is 149 Å². The highest BCUT2D eigenvalue weighted by atomic mass is 16.5. The second-order valence-corrected chi connectivity index (χ2v) is 7.50. The summed E-state index contributed by atoms with van der Waals surface area (Å²) in [5.74, 6) is 1.21. The lowest BCUT2D eigenvalue weighted by molar-refractivity contribution is -0.172. The van der Waals surface area contributed by atoms with Gasteiger partial charge in [-0.25, -0.2) is 4.98 Å². The van der Waals surface area contributed by atoms with Gasteiger partial charge in [-0.2, -0.15) is 0 Å². The summed E-state index contributed by atoms with van der Waals surface area (Å²) in [7, 11) is 1.67. The Morgan fingerprint density at radius 1 is 1.36 bits per heavy atom. The molecule has 0 saturated carbocycles. The lowest BCUT2D eigenvalue weighted by Crippen LogP contribution is -2.57. The van der Waals surface area contributed by atoms with Gasteiger partial charge >= 0.3 is 0 Å². The largest absolute Gasteiger partial charge is 0.382 e. The zero-order valence-corrected chi connectivity index (χ0v) is 15.4. The number of carbonyl (C=O) groups is 1. The zero-order chi connectivity index (χ0) is 17.9. The molecule has 0 aromatic carbocycles. The van der Waals surface area contributed by atoms with Crippen LogP contribution in [0, 0.1) is 5.92 Å². The molecule has 7 heteroatoms.